The van der Waals surface area contributed by atoms with Crippen LogP contribution in [0.2, 0.25) is 0 Å². The van der Waals surface area contributed by atoms with Crippen molar-refractivity contribution in [1.82, 2.24) is 0 Å². The number of aryl methyl sites for hydroxylation is 2. The van der Waals surface area contributed by atoms with Gasteiger partial charge in [0, 0.05) is 18.6 Å². The maximum atomic E-state index is 14.1. The van der Waals surface area contributed by atoms with E-state index >= 15 is 0 Å². The van der Waals surface area contributed by atoms with Crippen LogP contribution in [0.1, 0.15) is 16.7 Å². The summed E-state index contributed by atoms with van der Waals surface area (Å²) in [5.41, 5.74) is 3.21. The van der Waals surface area contributed by atoms with Crippen LogP contribution in [0.3, 0.4) is 0 Å². The summed E-state index contributed by atoms with van der Waals surface area (Å²) in [7, 11) is 1.65. The minimum atomic E-state index is -0.609. The number of alkyl halides is 1. The number of benzene rings is 2. The van der Waals surface area contributed by atoms with Crippen LogP contribution in [0.5, 0.6) is 0 Å². The van der Waals surface area contributed by atoms with E-state index in [1.165, 1.54) is 17.0 Å². The third-order valence-corrected chi connectivity index (χ3v) is 3.47. The second kappa shape index (κ2) is 5.80. The van der Waals surface area contributed by atoms with Crippen LogP contribution in [0.25, 0.3) is 0 Å². The van der Waals surface area contributed by atoms with Crippen LogP contribution in [0, 0.1) is 25.5 Å². The molecule has 0 fully saturated rings. The van der Waals surface area contributed by atoms with Crippen molar-refractivity contribution in [2.45, 2.75) is 19.7 Å². The second-order valence-corrected chi connectivity index (χ2v) is 5.21. The molecule has 20 heavy (non-hydrogen) atoms. The molecule has 2 aromatic carbocycles. The van der Waals surface area contributed by atoms with Crippen LogP contribution in [-0.2, 0) is 5.88 Å². The Hall–Kier alpha value is -1.61. The minimum absolute atomic E-state index is 0.0659. The fourth-order valence-corrected chi connectivity index (χ4v) is 2.44. The van der Waals surface area contributed by atoms with Gasteiger partial charge < -0.3 is 4.90 Å². The summed E-state index contributed by atoms with van der Waals surface area (Å²) < 4.78 is 28.2. The molecule has 0 bridgehead atoms. The highest BCUT2D eigenvalue weighted by molar-refractivity contribution is 6.17. The molecule has 0 aliphatic carbocycles. The average Bonchev–Trinajstić information content (AvgIpc) is 2.36. The molecule has 0 atom stereocenters. The molecule has 0 spiro atoms. The van der Waals surface area contributed by atoms with Crippen LogP contribution < -0.4 is 4.90 Å². The third kappa shape index (κ3) is 2.93. The summed E-state index contributed by atoms with van der Waals surface area (Å²) in [6, 6.07) is 8.33. The first-order chi connectivity index (χ1) is 9.42. The van der Waals surface area contributed by atoms with Crippen LogP contribution in [0.4, 0.5) is 20.2 Å². The molecule has 1 nitrogen and oxygen atoms in total. The van der Waals surface area contributed by atoms with E-state index in [4.69, 9.17) is 11.6 Å². The van der Waals surface area contributed by atoms with Crippen molar-refractivity contribution in [3.63, 3.8) is 0 Å². The topological polar surface area (TPSA) is 3.24 Å². The van der Waals surface area contributed by atoms with Gasteiger partial charge in [-0.15, -0.1) is 11.6 Å². The number of anilines is 2. The highest BCUT2D eigenvalue weighted by Crippen LogP contribution is 2.31. The van der Waals surface area contributed by atoms with Gasteiger partial charge in [0.05, 0.1) is 0 Å². The van der Waals surface area contributed by atoms with Gasteiger partial charge in [0.2, 0.25) is 0 Å². The first-order valence-electron chi connectivity index (χ1n) is 6.28. The largest absolute Gasteiger partial charge is 0.340 e. The Kier molecular flexibility index (Phi) is 4.29. The first kappa shape index (κ1) is 14.8. The SMILES string of the molecule is Cc1cc(C)cc(N(C)c2c(F)cc(CCl)cc2F)c1. The minimum Gasteiger partial charge on any atom is -0.340 e. The van der Waals surface area contributed by atoms with Gasteiger partial charge in [0.25, 0.3) is 0 Å². The Labute approximate surface area is 122 Å². The summed E-state index contributed by atoms with van der Waals surface area (Å²) in [6.45, 7) is 3.90. The van der Waals surface area contributed by atoms with Crippen molar-refractivity contribution < 1.29 is 8.78 Å². The lowest BCUT2D eigenvalue weighted by molar-refractivity contribution is 0.582. The summed E-state index contributed by atoms with van der Waals surface area (Å²) in [5.74, 6) is -1.13. The van der Waals surface area contributed by atoms with Crippen LogP contribution in [0.15, 0.2) is 30.3 Å². The molecule has 0 heterocycles. The number of halogens is 3. The average molecular weight is 296 g/mol. The van der Waals surface area contributed by atoms with Crippen LogP contribution >= 0.6 is 11.6 Å². The van der Waals surface area contributed by atoms with E-state index in [9.17, 15) is 8.78 Å². The molecule has 0 radical (unpaired) electrons. The smallest absolute Gasteiger partial charge is 0.150 e. The van der Waals surface area contributed by atoms with Gasteiger partial charge in [-0.3, -0.25) is 0 Å². The zero-order chi connectivity index (χ0) is 14.9. The van der Waals surface area contributed by atoms with Crippen molar-refractivity contribution >= 4 is 23.0 Å². The Bertz CT molecular complexity index is 597. The molecule has 0 unspecified atom stereocenters. The molecule has 4 heteroatoms. The summed E-state index contributed by atoms with van der Waals surface area (Å²) in [5, 5.41) is 0. The quantitative estimate of drug-likeness (QED) is 0.713. The van der Waals surface area contributed by atoms with Gasteiger partial charge >= 0.3 is 0 Å². The van der Waals surface area contributed by atoms with Gasteiger partial charge in [-0.05, 0) is 54.8 Å². The highest BCUT2D eigenvalue weighted by Gasteiger charge is 2.16. The Morgan fingerprint density at radius 1 is 0.950 bits per heavy atom. The van der Waals surface area contributed by atoms with E-state index in [1.54, 1.807) is 7.05 Å². The van der Waals surface area contributed by atoms with Gasteiger partial charge in [-0.1, -0.05) is 6.07 Å². The molecule has 0 aliphatic heterocycles. The molecule has 0 amide bonds. The molecule has 0 aliphatic rings. The van der Waals surface area contributed by atoms with E-state index in [2.05, 4.69) is 0 Å². The fourth-order valence-electron chi connectivity index (χ4n) is 2.29. The molecule has 2 aromatic rings. The summed E-state index contributed by atoms with van der Waals surface area (Å²) in [4.78, 5) is 1.52. The molecular formula is C16H16ClF2N. The maximum absolute atomic E-state index is 14.1. The predicted molar refractivity (Wildman–Crippen MR) is 79.9 cm³/mol. The van der Waals surface area contributed by atoms with E-state index in [0.717, 1.165) is 16.8 Å². The maximum Gasteiger partial charge on any atom is 0.150 e. The second-order valence-electron chi connectivity index (χ2n) is 4.95. The van der Waals surface area contributed by atoms with Gasteiger partial charge in [-0.2, -0.15) is 0 Å². The number of nitrogens with zero attached hydrogens (tertiary/aromatic N) is 1. The number of hydrogen-bond donors (Lipinski definition) is 0. The zero-order valence-corrected chi connectivity index (χ0v) is 12.4. The molecule has 0 aromatic heterocycles. The lowest BCUT2D eigenvalue weighted by Gasteiger charge is -2.22. The summed E-state index contributed by atoms with van der Waals surface area (Å²) >= 11 is 5.61. The van der Waals surface area contributed by atoms with E-state index in [1.807, 2.05) is 32.0 Å². The normalized spacial score (nSPS) is 10.7. The summed E-state index contributed by atoms with van der Waals surface area (Å²) in [6.07, 6.45) is 0. The highest BCUT2D eigenvalue weighted by atomic mass is 35.5. The molecule has 0 N–H and O–H groups in total. The Morgan fingerprint density at radius 2 is 1.45 bits per heavy atom. The number of hydrogen-bond acceptors (Lipinski definition) is 1. The van der Waals surface area contributed by atoms with Crippen molar-refractivity contribution in [2.24, 2.45) is 0 Å². The van der Waals surface area contributed by atoms with Crippen LogP contribution in [-0.4, -0.2) is 7.05 Å². The monoisotopic (exact) mass is 295 g/mol. The molecule has 0 saturated heterocycles. The standard InChI is InChI=1S/C16H16ClF2N/c1-10-4-11(2)6-13(5-10)20(3)16-14(18)7-12(9-17)8-15(16)19/h4-8H,9H2,1-3H3. The predicted octanol–water partition coefficient (Wildman–Crippen LogP) is 5.09. The van der Waals surface area contributed by atoms with E-state index < -0.39 is 11.6 Å². The van der Waals surface area contributed by atoms with Gasteiger partial charge in [-0.25, -0.2) is 8.78 Å². The zero-order valence-electron chi connectivity index (χ0n) is 11.7. The lowest BCUT2D eigenvalue weighted by atomic mass is 10.1. The Balaban J connectivity index is 2.50. The van der Waals surface area contributed by atoms with Crippen molar-refractivity contribution in [3.05, 3.63) is 58.7 Å². The van der Waals surface area contributed by atoms with E-state index in [0.29, 0.717) is 5.56 Å². The van der Waals surface area contributed by atoms with Gasteiger partial charge in [0.1, 0.15) is 17.3 Å². The molecular weight excluding hydrogens is 280 g/mol. The third-order valence-electron chi connectivity index (χ3n) is 3.16. The van der Waals surface area contributed by atoms with Crippen molar-refractivity contribution in [1.29, 1.82) is 0 Å². The van der Waals surface area contributed by atoms with E-state index in [-0.39, 0.29) is 11.6 Å². The first-order valence-corrected chi connectivity index (χ1v) is 6.81. The number of rotatable bonds is 3. The van der Waals surface area contributed by atoms with Gasteiger partial charge in [0.15, 0.2) is 0 Å². The molecule has 106 valence electrons. The lowest BCUT2D eigenvalue weighted by Crippen LogP contribution is -2.14. The van der Waals surface area contributed by atoms with Crippen molar-refractivity contribution in [3.8, 4) is 0 Å². The molecule has 2 rings (SSSR count). The Morgan fingerprint density at radius 3 is 1.90 bits per heavy atom. The van der Waals surface area contributed by atoms with Crippen molar-refractivity contribution in [2.75, 3.05) is 11.9 Å². The fraction of sp³-hybridized carbons (Fsp3) is 0.250. The molecule has 0 saturated carbocycles.